The topological polar surface area (TPSA) is 77.6 Å². The molecule has 158 valence electrons. The number of hydrogen-bond donors (Lipinski definition) is 2. The van der Waals surface area contributed by atoms with Gasteiger partial charge in [0.15, 0.2) is 5.78 Å². The number of aliphatic imine (C=N–C) groups is 1. The highest BCUT2D eigenvalue weighted by Crippen LogP contribution is 2.35. The maximum absolute atomic E-state index is 12.8. The third-order valence-corrected chi connectivity index (χ3v) is 7.94. The number of ketones is 1. The van der Waals surface area contributed by atoms with Crippen LogP contribution in [0.5, 0.6) is 0 Å². The van der Waals surface area contributed by atoms with Crippen molar-refractivity contribution < 1.29 is 9.59 Å². The number of nitrogens with one attached hydrogen (secondary N) is 2. The summed E-state index contributed by atoms with van der Waals surface area (Å²) in [4.78, 5) is 33.6. The molecule has 3 aliphatic rings. The van der Waals surface area contributed by atoms with Gasteiger partial charge in [0.2, 0.25) is 0 Å². The lowest BCUT2D eigenvalue weighted by molar-refractivity contribution is -0.124. The van der Waals surface area contributed by atoms with Crippen molar-refractivity contribution in [3.8, 4) is 0 Å². The van der Waals surface area contributed by atoms with Crippen molar-refractivity contribution in [2.45, 2.75) is 50.5 Å². The molecule has 2 N–H and O–H groups in total. The first-order valence-electron chi connectivity index (χ1n) is 11.0. The quantitative estimate of drug-likeness (QED) is 0.563. The molecule has 0 unspecified atom stereocenters. The van der Waals surface area contributed by atoms with Gasteiger partial charge in [-0.3, -0.25) is 18.9 Å². The number of nitrogens with zero attached hydrogens (tertiary/aromatic N) is 2. The Kier molecular flexibility index (Phi) is 5.41. The number of carbonyl (C=O) groups is 2. The van der Waals surface area contributed by atoms with Crippen molar-refractivity contribution in [1.82, 2.24) is 14.6 Å². The lowest BCUT2D eigenvalue weighted by atomic mass is 9.88. The fraction of sp³-hybridized carbons (Fsp3) is 0.522. The van der Waals surface area contributed by atoms with Crippen LogP contribution in [0, 0.1) is 5.92 Å². The zero-order valence-electron chi connectivity index (χ0n) is 17.2. The third-order valence-electron chi connectivity index (χ3n) is 6.81. The zero-order valence-corrected chi connectivity index (χ0v) is 18.0. The van der Waals surface area contributed by atoms with E-state index in [0.29, 0.717) is 11.7 Å². The van der Waals surface area contributed by atoms with Crippen LogP contribution >= 0.6 is 11.9 Å². The van der Waals surface area contributed by atoms with Gasteiger partial charge >= 0.3 is 0 Å². The smallest absolute Gasteiger partial charge is 0.253 e. The molecule has 0 bridgehead atoms. The average Bonchev–Trinajstić information content (AvgIpc) is 3.39. The van der Waals surface area contributed by atoms with Gasteiger partial charge in [-0.05, 0) is 37.8 Å². The van der Waals surface area contributed by atoms with Crippen LogP contribution in [-0.2, 0) is 4.79 Å². The normalized spacial score (nSPS) is 22.4. The average molecular weight is 425 g/mol. The first kappa shape index (κ1) is 19.8. The van der Waals surface area contributed by atoms with E-state index in [0.717, 1.165) is 61.1 Å². The molecule has 5 rings (SSSR count). The first-order valence-corrected chi connectivity index (χ1v) is 12.0. The van der Waals surface area contributed by atoms with Crippen molar-refractivity contribution in [3.63, 3.8) is 0 Å². The molecule has 1 saturated heterocycles. The lowest BCUT2D eigenvalue weighted by Gasteiger charge is -2.34. The number of aromatic amines is 1. The lowest BCUT2D eigenvalue weighted by Crippen LogP contribution is -2.47. The van der Waals surface area contributed by atoms with Crippen LogP contribution in [0.3, 0.4) is 0 Å². The molecule has 6 nitrogen and oxygen atoms in total. The van der Waals surface area contributed by atoms with Gasteiger partial charge in [0.25, 0.3) is 5.91 Å². The molecule has 1 saturated carbocycles. The summed E-state index contributed by atoms with van der Waals surface area (Å²) in [6.45, 7) is 1.56. The van der Waals surface area contributed by atoms with E-state index >= 15 is 0 Å². The number of fused-ring (bicyclic) bond motifs is 1. The molecular formula is C23H28N4O2S. The zero-order chi connectivity index (χ0) is 20.6. The Bertz CT molecular complexity index is 984. The molecule has 1 aromatic heterocycles. The number of amides is 1. The van der Waals surface area contributed by atoms with Gasteiger partial charge in [-0.2, -0.15) is 0 Å². The molecule has 7 heteroatoms. The molecule has 1 spiro atoms. The molecule has 0 radical (unpaired) electrons. The minimum Gasteiger partial charge on any atom is -0.361 e. The number of piperidine rings is 1. The van der Waals surface area contributed by atoms with Gasteiger partial charge in [0.05, 0.1) is 5.75 Å². The van der Waals surface area contributed by atoms with E-state index in [1.165, 1.54) is 19.3 Å². The third kappa shape index (κ3) is 3.69. The van der Waals surface area contributed by atoms with Gasteiger partial charge < -0.3 is 10.3 Å². The van der Waals surface area contributed by atoms with Crippen LogP contribution in [0.25, 0.3) is 10.9 Å². The largest absolute Gasteiger partial charge is 0.361 e. The number of carbonyl (C=O) groups excluding carboxylic acids is 2. The van der Waals surface area contributed by atoms with Crippen LogP contribution in [0.2, 0.25) is 0 Å². The second kappa shape index (κ2) is 8.19. The SMILES string of the molecule is O=C(CSN1CCC2(CC1)N=C(C1CCCCC1)NC2=O)c1cccc2[nH]ccc12. The fourth-order valence-corrected chi connectivity index (χ4v) is 5.89. The fourth-order valence-electron chi connectivity index (χ4n) is 4.99. The monoisotopic (exact) mass is 424 g/mol. The summed E-state index contributed by atoms with van der Waals surface area (Å²) in [6, 6.07) is 7.76. The van der Waals surface area contributed by atoms with Crippen molar-refractivity contribution in [3.05, 3.63) is 36.0 Å². The Balaban J connectivity index is 1.18. The predicted octanol–water partition coefficient (Wildman–Crippen LogP) is 3.94. The minimum absolute atomic E-state index is 0.0861. The molecule has 0 atom stereocenters. The van der Waals surface area contributed by atoms with Gasteiger partial charge in [0, 0.05) is 41.7 Å². The van der Waals surface area contributed by atoms with Crippen LogP contribution in [0.15, 0.2) is 35.5 Å². The van der Waals surface area contributed by atoms with Crippen molar-refractivity contribution in [2.75, 3.05) is 18.8 Å². The first-order chi connectivity index (χ1) is 14.6. The highest BCUT2D eigenvalue weighted by molar-refractivity contribution is 7.97. The van der Waals surface area contributed by atoms with Crippen molar-refractivity contribution in [1.29, 1.82) is 0 Å². The van der Waals surface area contributed by atoms with Gasteiger partial charge in [0.1, 0.15) is 11.4 Å². The maximum Gasteiger partial charge on any atom is 0.253 e. The number of aromatic nitrogens is 1. The highest BCUT2D eigenvalue weighted by Gasteiger charge is 2.46. The van der Waals surface area contributed by atoms with Gasteiger partial charge in [-0.1, -0.05) is 43.3 Å². The summed E-state index contributed by atoms with van der Waals surface area (Å²) in [7, 11) is 0. The van der Waals surface area contributed by atoms with Gasteiger partial charge in [-0.25, -0.2) is 0 Å². The molecule has 1 aromatic carbocycles. The Morgan fingerprint density at radius 3 is 2.77 bits per heavy atom. The molecule has 2 aliphatic heterocycles. The van der Waals surface area contributed by atoms with Gasteiger partial charge in [-0.15, -0.1) is 0 Å². The molecule has 3 heterocycles. The van der Waals surface area contributed by atoms with Crippen LogP contribution in [0.1, 0.15) is 55.3 Å². The molecule has 2 fully saturated rings. The summed E-state index contributed by atoms with van der Waals surface area (Å²) in [5.41, 5.74) is 1.18. The van der Waals surface area contributed by atoms with Crippen LogP contribution in [0.4, 0.5) is 0 Å². The van der Waals surface area contributed by atoms with E-state index in [9.17, 15) is 9.59 Å². The second-order valence-corrected chi connectivity index (χ2v) is 9.75. The number of amidine groups is 1. The number of benzene rings is 1. The van der Waals surface area contributed by atoms with Crippen LogP contribution in [-0.4, -0.2) is 51.2 Å². The Morgan fingerprint density at radius 1 is 1.17 bits per heavy atom. The van der Waals surface area contributed by atoms with E-state index in [1.807, 2.05) is 30.5 Å². The molecular weight excluding hydrogens is 396 g/mol. The van der Waals surface area contributed by atoms with E-state index < -0.39 is 5.54 Å². The van der Waals surface area contributed by atoms with E-state index in [-0.39, 0.29) is 11.7 Å². The minimum atomic E-state index is -0.579. The molecule has 30 heavy (non-hydrogen) atoms. The standard InChI is InChI=1S/C23H28N4O2S/c28-20(18-7-4-8-19-17(18)9-12-24-19)15-30-27-13-10-23(11-14-27)22(29)25-21(26-23)16-5-2-1-3-6-16/h4,7-9,12,16,24H,1-3,5-6,10-11,13-15H2,(H,25,26,29). The number of rotatable bonds is 5. The summed E-state index contributed by atoms with van der Waals surface area (Å²) in [5, 5.41) is 4.09. The van der Waals surface area contributed by atoms with Crippen molar-refractivity contribution in [2.24, 2.45) is 10.9 Å². The Hall–Kier alpha value is -2.12. The number of H-pyrrole nitrogens is 1. The van der Waals surface area contributed by atoms with Crippen LogP contribution < -0.4 is 5.32 Å². The molecule has 1 amide bonds. The Labute approximate surface area is 181 Å². The number of Topliss-reactive ketones (excluding diaryl/α,β-unsaturated/α-hetero) is 1. The van der Waals surface area contributed by atoms with E-state index in [1.54, 1.807) is 11.9 Å². The highest BCUT2D eigenvalue weighted by atomic mass is 32.2. The Morgan fingerprint density at radius 2 is 1.97 bits per heavy atom. The maximum atomic E-state index is 12.8. The summed E-state index contributed by atoms with van der Waals surface area (Å²) in [6.07, 6.45) is 9.39. The molecule has 2 aromatic rings. The van der Waals surface area contributed by atoms with E-state index in [4.69, 9.17) is 4.99 Å². The predicted molar refractivity (Wildman–Crippen MR) is 121 cm³/mol. The van der Waals surface area contributed by atoms with E-state index in [2.05, 4.69) is 14.6 Å². The summed E-state index contributed by atoms with van der Waals surface area (Å²) >= 11 is 1.58. The second-order valence-electron chi connectivity index (χ2n) is 8.69. The number of hydrogen-bond acceptors (Lipinski definition) is 5. The molecule has 1 aliphatic carbocycles. The van der Waals surface area contributed by atoms with Crippen molar-refractivity contribution >= 4 is 40.4 Å². The summed E-state index contributed by atoms with van der Waals surface area (Å²) in [5.74, 6) is 2.02. The summed E-state index contributed by atoms with van der Waals surface area (Å²) < 4.78 is 2.22.